The lowest BCUT2D eigenvalue weighted by Gasteiger charge is -2.11. The summed E-state index contributed by atoms with van der Waals surface area (Å²) >= 11 is 0. The van der Waals surface area contributed by atoms with Gasteiger partial charge in [0.25, 0.3) is 0 Å². The van der Waals surface area contributed by atoms with Crippen molar-refractivity contribution < 1.29 is 10.2 Å². The fourth-order valence-corrected chi connectivity index (χ4v) is 0.669. The number of nitrogens with two attached hydrogens (primary N) is 1. The molecule has 0 aliphatic rings. The zero-order chi connectivity index (χ0) is 9.56. The van der Waals surface area contributed by atoms with Crippen LogP contribution in [-0.4, -0.2) is 41.5 Å². The number of aliphatic hydroxyl groups excluding tert-OH is 2. The zero-order valence-electron chi connectivity index (χ0n) is 7.49. The molecule has 0 amide bonds. The van der Waals surface area contributed by atoms with Crippen LogP contribution in [0.4, 0.5) is 0 Å². The monoisotopic (exact) mass is 175 g/mol. The molecule has 0 atom stereocenters. The molecule has 5 heteroatoms. The van der Waals surface area contributed by atoms with Crippen molar-refractivity contribution in [3.05, 3.63) is 0 Å². The first kappa shape index (κ1) is 11.2. The molecule has 12 heavy (non-hydrogen) atoms. The summed E-state index contributed by atoms with van der Waals surface area (Å²) in [5.74, 6) is 0.248. The highest BCUT2D eigenvalue weighted by molar-refractivity contribution is 5.78. The Morgan fingerprint density at radius 2 is 1.92 bits per heavy atom. The van der Waals surface area contributed by atoms with Crippen molar-refractivity contribution in [2.75, 3.05) is 13.2 Å². The molecule has 0 aliphatic carbocycles. The first-order chi connectivity index (χ1) is 5.60. The Morgan fingerprint density at radius 3 is 2.25 bits per heavy atom. The normalized spacial score (nSPS) is 12.7. The van der Waals surface area contributed by atoms with Crippen molar-refractivity contribution in [2.24, 2.45) is 10.7 Å². The number of guanidine groups is 1. The largest absolute Gasteiger partial charge is 0.394 e. The molecule has 5 nitrogen and oxygen atoms in total. The second-order valence-electron chi connectivity index (χ2n) is 2.83. The van der Waals surface area contributed by atoms with Gasteiger partial charge in [0, 0.05) is 6.04 Å². The molecule has 72 valence electrons. The van der Waals surface area contributed by atoms with E-state index in [1.807, 2.05) is 13.8 Å². The molecule has 0 aliphatic heterocycles. The molecule has 5 N–H and O–H groups in total. The molecule has 0 aromatic rings. The molecule has 0 aromatic carbocycles. The molecule has 0 unspecified atom stereocenters. The molecule has 0 spiro atoms. The van der Waals surface area contributed by atoms with E-state index in [1.54, 1.807) is 0 Å². The third-order valence-electron chi connectivity index (χ3n) is 1.18. The summed E-state index contributed by atoms with van der Waals surface area (Å²) in [7, 11) is 0. The molecule has 0 bridgehead atoms. The lowest BCUT2D eigenvalue weighted by atomic mass is 10.3. The van der Waals surface area contributed by atoms with Crippen molar-refractivity contribution in [3.63, 3.8) is 0 Å². The lowest BCUT2D eigenvalue weighted by molar-refractivity contribution is 0.195. The molecule has 0 heterocycles. The Kier molecular flexibility index (Phi) is 5.40. The Hall–Kier alpha value is -0.810. The van der Waals surface area contributed by atoms with Crippen LogP contribution in [0.25, 0.3) is 0 Å². The first-order valence-electron chi connectivity index (χ1n) is 3.91. The predicted octanol–water partition coefficient (Wildman–Crippen LogP) is -1.35. The lowest BCUT2D eigenvalue weighted by Crippen LogP contribution is -2.38. The number of hydrogen-bond acceptors (Lipinski definition) is 3. The number of nitrogens with zero attached hydrogens (tertiary/aromatic N) is 1. The van der Waals surface area contributed by atoms with Gasteiger partial charge in [0.1, 0.15) is 0 Å². The Balaban J connectivity index is 3.94. The molecule has 0 saturated heterocycles. The highest BCUT2D eigenvalue weighted by Crippen LogP contribution is 1.87. The van der Waals surface area contributed by atoms with Crippen molar-refractivity contribution in [1.29, 1.82) is 0 Å². The van der Waals surface area contributed by atoms with Gasteiger partial charge in [-0.05, 0) is 13.8 Å². The Labute approximate surface area is 72.3 Å². The molecule has 0 radical (unpaired) electrons. The number of rotatable bonds is 4. The van der Waals surface area contributed by atoms with Crippen LogP contribution >= 0.6 is 0 Å². The van der Waals surface area contributed by atoms with E-state index in [9.17, 15) is 0 Å². The molecular formula is C7H17N3O2. The van der Waals surface area contributed by atoms with Gasteiger partial charge in [-0.15, -0.1) is 0 Å². The minimum absolute atomic E-state index is 0.197. The standard InChI is InChI=1S/C7H17N3O2/c1-5(2)9-7(8)10-6(3-11)4-12/h5-6,11-12H,3-4H2,1-2H3,(H3,8,9,10). The maximum atomic E-state index is 8.66. The average Bonchev–Trinajstić information content (AvgIpc) is 1.98. The second kappa shape index (κ2) is 5.79. The zero-order valence-corrected chi connectivity index (χ0v) is 7.49. The van der Waals surface area contributed by atoms with E-state index in [0.717, 1.165) is 0 Å². The highest BCUT2D eigenvalue weighted by atomic mass is 16.3. The highest BCUT2D eigenvalue weighted by Gasteiger charge is 2.03. The van der Waals surface area contributed by atoms with Crippen LogP contribution in [0.2, 0.25) is 0 Å². The van der Waals surface area contributed by atoms with E-state index >= 15 is 0 Å². The molecule has 0 rings (SSSR count). The van der Waals surface area contributed by atoms with E-state index in [4.69, 9.17) is 15.9 Å². The number of aliphatic hydroxyl groups is 2. The molecule has 0 aromatic heterocycles. The summed E-state index contributed by atoms with van der Waals surface area (Å²) in [6.45, 7) is 3.46. The fraction of sp³-hybridized carbons (Fsp3) is 0.857. The Bertz CT molecular complexity index is 144. The second-order valence-corrected chi connectivity index (χ2v) is 2.83. The van der Waals surface area contributed by atoms with Gasteiger partial charge in [-0.25, -0.2) is 4.99 Å². The van der Waals surface area contributed by atoms with Crippen molar-refractivity contribution in [2.45, 2.75) is 25.9 Å². The smallest absolute Gasteiger partial charge is 0.189 e. The summed E-state index contributed by atoms with van der Waals surface area (Å²) in [6.07, 6.45) is 0. The predicted molar refractivity (Wildman–Crippen MR) is 47.9 cm³/mol. The molecule has 0 saturated carbocycles. The number of hydrogen-bond donors (Lipinski definition) is 4. The number of aliphatic imine (C=N–C) groups is 1. The van der Waals surface area contributed by atoms with Crippen molar-refractivity contribution >= 4 is 5.96 Å². The van der Waals surface area contributed by atoms with Gasteiger partial charge in [0.05, 0.1) is 19.3 Å². The van der Waals surface area contributed by atoms with Crippen LogP contribution in [-0.2, 0) is 0 Å². The van der Waals surface area contributed by atoms with Gasteiger partial charge in [0.2, 0.25) is 0 Å². The maximum Gasteiger partial charge on any atom is 0.189 e. The van der Waals surface area contributed by atoms with Crippen molar-refractivity contribution in [1.82, 2.24) is 5.32 Å². The van der Waals surface area contributed by atoms with Gasteiger partial charge in [0.15, 0.2) is 5.96 Å². The Morgan fingerprint density at radius 1 is 1.42 bits per heavy atom. The van der Waals surface area contributed by atoms with E-state index < -0.39 is 6.04 Å². The van der Waals surface area contributed by atoms with Crippen LogP contribution in [0.15, 0.2) is 4.99 Å². The van der Waals surface area contributed by atoms with Gasteiger partial charge in [-0.3, -0.25) is 0 Å². The van der Waals surface area contributed by atoms with Crippen LogP contribution in [0.3, 0.4) is 0 Å². The van der Waals surface area contributed by atoms with E-state index in [0.29, 0.717) is 0 Å². The SMILES string of the molecule is CC(C)NC(N)=NC(CO)CO. The molecule has 0 fully saturated rings. The summed E-state index contributed by atoms with van der Waals surface area (Å²) in [5, 5.41) is 20.2. The summed E-state index contributed by atoms with van der Waals surface area (Å²) in [6, 6.07) is -0.317. The molecular weight excluding hydrogens is 158 g/mol. The summed E-state index contributed by atoms with van der Waals surface area (Å²) < 4.78 is 0. The van der Waals surface area contributed by atoms with Crippen LogP contribution in [0.1, 0.15) is 13.8 Å². The third-order valence-corrected chi connectivity index (χ3v) is 1.18. The first-order valence-corrected chi connectivity index (χ1v) is 3.91. The van der Waals surface area contributed by atoms with Crippen LogP contribution in [0, 0.1) is 0 Å². The van der Waals surface area contributed by atoms with Gasteiger partial charge in [-0.1, -0.05) is 0 Å². The van der Waals surface area contributed by atoms with E-state index in [1.165, 1.54) is 0 Å². The van der Waals surface area contributed by atoms with E-state index in [2.05, 4.69) is 10.3 Å². The average molecular weight is 175 g/mol. The van der Waals surface area contributed by atoms with Crippen LogP contribution < -0.4 is 11.1 Å². The minimum atomic E-state index is -0.517. The maximum absolute atomic E-state index is 8.66. The van der Waals surface area contributed by atoms with Crippen LogP contribution in [0.5, 0.6) is 0 Å². The fourth-order valence-electron chi connectivity index (χ4n) is 0.669. The van der Waals surface area contributed by atoms with E-state index in [-0.39, 0.29) is 25.2 Å². The van der Waals surface area contributed by atoms with Gasteiger partial charge >= 0.3 is 0 Å². The topological polar surface area (TPSA) is 90.9 Å². The van der Waals surface area contributed by atoms with Gasteiger partial charge < -0.3 is 21.3 Å². The summed E-state index contributed by atoms with van der Waals surface area (Å²) in [4.78, 5) is 3.84. The quantitative estimate of drug-likeness (QED) is 0.314. The summed E-state index contributed by atoms with van der Waals surface area (Å²) in [5.41, 5.74) is 5.44. The van der Waals surface area contributed by atoms with Crippen molar-refractivity contribution in [3.8, 4) is 0 Å². The van der Waals surface area contributed by atoms with Gasteiger partial charge in [-0.2, -0.15) is 0 Å². The third kappa shape index (κ3) is 4.92. The number of nitrogens with one attached hydrogen (secondary N) is 1. The minimum Gasteiger partial charge on any atom is -0.394 e.